The van der Waals surface area contributed by atoms with Crippen LogP contribution in [0.15, 0.2) is 0 Å². The second-order valence-electron chi connectivity index (χ2n) is 4.93. The number of piperidine rings is 1. The van der Waals surface area contributed by atoms with E-state index in [4.69, 9.17) is 4.74 Å². The minimum absolute atomic E-state index is 0.265. The van der Waals surface area contributed by atoms with Crippen molar-refractivity contribution in [2.75, 3.05) is 32.8 Å². The molecular weight excluding hydrogens is 200 g/mol. The molecule has 2 aliphatic heterocycles. The van der Waals surface area contributed by atoms with E-state index in [1.807, 2.05) is 13.8 Å². The summed E-state index contributed by atoms with van der Waals surface area (Å²) in [6, 6.07) is 0.663. The summed E-state index contributed by atoms with van der Waals surface area (Å²) in [6.07, 6.45) is 2.57. The fourth-order valence-corrected chi connectivity index (χ4v) is 2.58. The molecule has 1 spiro atoms. The lowest BCUT2D eigenvalue weighted by molar-refractivity contribution is -0.0179. The zero-order valence-corrected chi connectivity index (χ0v) is 11.4. The number of ether oxygens (including phenoxy) is 1. The molecule has 0 saturated carbocycles. The number of rotatable bonds is 1. The van der Waals surface area contributed by atoms with E-state index in [2.05, 4.69) is 24.1 Å². The zero-order chi connectivity index (χ0) is 12.0. The molecule has 1 unspecified atom stereocenters. The summed E-state index contributed by atoms with van der Waals surface area (Å²) in [6.45, 7) is 13.8. The van der Waals surface area contributed by atoms with Crippen LogP contribution in [0.1, 0.15) is 40.5 Å². The first kappa shape index (κ1) is 13.9. The number of likely N-dealkylation sites (tertiary alicyclic amines) is 1. The van der Waals surface area contributed by atoms with Gasteiger partial charge in [-0.15, -0.1) is 0 Å². The largest absolute Gasteiger partial charge is 0.378 e. The number of hydrogen-bond donors (Lipinski definition) is 1. The maximum Gasteiger partial charge on any atom is 0.0661 e. The number of morpholine rings is 1. The van der Waals surface area contributed by atoms with Crippen molar-refractivity contribution in [1.82, 2.24) is 10.2 Å². The van der Waals surface area contributed by atoms with Crippen molar-refractivity contribution in [3.8, 4) is 0 Å². The van der Waals surface area contributed by atoms with E-state index in [0.717, 1.165) is 26.3 Å². The molecule has 1 N–H and O–H groups in total. The first-order chi connectivity index (χ1) is 7.72. The van der Waals surface area contributed by atoms with Gasteiger partial charge in [0.1, 0.15) is 0 Å². The van der Waals surface area contributed by atoms with Gasteiger partial charge in [-0.05, 0) is 33.2 Å². The fourth-order valence-electron chi connectivity index (χ4n) is 2.58. The third kappa shape index (κ3) is 3.44. The highest BCUT2D eigenvalue weighted by Crippen LogP contribution is 2.24. The molecular formula is C13H28N2O. The maximum atomic E-state index is 5.60. The Morgan fingerprint density at radius 2 is 2.06 bits per heavy atom. The van der Waals surface area contributed by atoms with Crippen LogP contribution in [0.3, 0.4) is 0 Å². The van der Waals surface area contributed by atoms with Gasteiger partial charge in [0.05, 0.1) is 18.8 Å². The Labute approximate surface area is 101 Å². The van der Waals surface area contributed by atoms with Crippen molar-refractivity contribution in [3.05, 3.63) is 0 Å². The van der Waals surface area contributed by atoms with Gasteiger partial charge in [0.25, 0.3) is 0 Å². The Kier molecular flexibility index (Phi) is 5.73. The second kappa shape index (κ2) is 6.58. The summed E-state index contributed by atoms with van der Waals surface area (Å²) >= 11 is 0. The van der Waals surface area contributed by atoms with Crippen molar-refractivity contribution in [2.45, 2.75) is 52.1 Å². The number of nitrogens with one attached hydrogen (secondary N) is 1. The van der Waals surface area contributed by atoms with Crippen LogP contribution in [0, 0.1) is 0 Å². The van der Waals surface area contributed by atoms with Crippen LogP contribution in [0.4, 0.5) is 0 Å². The van der Waals surface area contributed by atoms with Gasteiger partial charge in [-0.1, -0.05) is 13.8 Å². The molecule has 0 aromatic carbocycles. The Bertz CT molecular complexity index is 183. The Morgan fingerprint density at radius 1 is 1.31 bits per heavy atom. The van der Waals surface area contributed by atoms with Crippen molar-refractivity contribution >= 4 is 0 Å². The molecule has 96 valence electrons. The quantitative estimate of drug-likeness (QED) is 0.741. The minimum atomic E-state index is 0.265. The summed E-state index contributed by atoms with van der Waals surface area (Å²) in [7, 11) is 0. The van der Waals surface area contributed by atoms with Crippen LogP contribution < -0.4 is 5.32 Å². The predicted molar refractivity (Wildman–Crippen MR) is 68.8 cm³/mol. The smallest absolute Gasteiger partial charge is 0.0661 e. The van der Waals surface area contributed by atoms with Gasteiger partial charge in [0.2, 0.25) is 0 Å². The molecule has 0 aliphatic carbocycles. The average Bonchev–Trinajstić information content (AvgIpc) is 2.33. The van der Waals surface area contributed by atoms with Gasteiger partial charge in [-0.3, -0.25) is 4.90 Å². The van der Waals surface area contributed by atoms with Crippen molar-refractivity contribution in [2.24, 2.45) is 0 Å². The van der Waals surface area contributed by atoms with E-state index in [1.165, 1.54) is 19.4 Å². The Hall–Kier alpha value is -0.120. The lowest BCUT2D eigenvalue weighted by Crippen LogP contribution is -2.63. The van der Waals surface area contributed by atoms with Crippen LogP contribution in [0.2, 0.25) is 0 Å². The molecule has 2 rings (SSSR count). The normalized spacial score (nSPS) is 31.3. The minimum Gasteiger partial charge on any atom is -0.378 e. The van der Waals surface area contributed by atoms with Gasteiger partial charge in [-0.2, -0.15) is 0 Å². The molecule has 2 fully saturated rings. The van der Waals surface area contributed by atoms with Crippen LogP contribution in [0.5, 0.6) is 0 Å². The van der Waals surface area contributed by atoms with Crippen LogP contribution in [-0.2, 0) is 4.74 Å². The predicted octanol–water partition coefficient (Wildman–Crippen LogP) is 1.88. The SMILES string of the molecule is CC.CC(C)N1CCCC2(COCCN2)C1. The highest BCUT2D eigenvalue weighted by Gasteiger charge is 2.37. The number of nitrogens with zero attached hydrogens (tertiary/aromatic N) is 1. The summed E-state index contributed by atoms with van der Waals surface area (Å²) in [5, 5.41) is 3.65. The van der Waals surface area contributed by atoms with Crippen LogP contribution in [-0.4, -0.2) is 49.3 Å². The van der Waals surface area contributed by atoms with E-state index in [-0.39, 0.29) is 5.54 Å². The molecule has 3 nitrogen and oxygen atoms in total. The lowest BCUT2D eigenvalue weighted by atomic mass is 9.88. The highest BCUT2D eigenvalue weighted by molar-refractivity contribution is 4.96. The molecule has 1 atom stereocenters. The standard InChI is InChI=1S/C11H22N2O.C2H6/c1-10(2)13-6-3-4-11(8-13)9-14-7-5-12-11;1-2/h10,12H,3-9H2,1-2H3;1-2H3. The van der Waals surface area contributed by atoms with E-state index < -0.39 is 0 Å². The van der Waals surface area contributed by atoms with Crippen molar-refractivity contribution in [1.29, 1.82) is 0 Å². The van der Waals surface area contributed by atoms with Crippen molar-refractivity contribution < 1.29 is 4.74 Å². The molecule has 2 saturated heterocycles. The summed E-state index contributed by atoms with van der Waals surface area (Å²) in [4.78, 5) is 2.56. The number of hydrogen-bond acceptors (Lipinski definition) is 3. The van der Waals surface area contributed by atoms with Gasteiger partial charge in [0, 0.05) is 19.1 Å². The van der Waals surface area contributed by atoms with Gasteiger partial charge in [-0.25, -0.2) is 0 Å². The first-order valence-electron chi connectivity index (χ1n) is 6.79. The molecule has 3 heteroatoms. The summed E-state index contributed by atoms with van der Waals surface area (Å²) < 4.78 is 5.60. The molecule has 16 heavy (non-hydrogen) atoms. The Morgan fingerprint density at radius 3 is 2.62 bits per heavy atom. The van der Waals surface area contributed by atoms with E-state index in [0.29, 0.717) is 6.04 Å². The third-order valence-electron chi connectivity index (χ3n) is 3.46. The van der Waals surface area contributed by atoms with E-state index >= 15 is 0 Å². The topological polar surface area (TPSA) is 24.5 Å². The highest BCUT2D eigenvalue weighted by atomic mass is 16.5. The molecule has 0 radical (unpaired) electrons. The summed E-state index contributed by atoms with van der Waals surface area (Å²) in [5.41, 5.74) is 0.265. The third-order valence-corrected chi connectivity index (χ3v) is 3.46. The second-order valence-corrected chi connectivity index (χ2v) is 4.93. The molecule has 2 heterocycles. The molecule has 0 amide bonds. The summed E-state index contributed by atoms with van der Waals surface area (Å²) in [5.74, 6) is 0. The van der Waals surface area contributed by atoms with Crippen molar-refractivity contribution in [3.63, 3.8) is 0 Å². The maximum absolute atomic E-state index is 5.60. The molecule has 0 aromatic rings. The van der Waals surface area contributed by atoms with Gasteiger partial charge in [0.15, 0.2) is 0 Å². The van der Waals surface area contributed by atoms with Crippen LogP contribution in [0.25, 0.3) is 0 Å². The zero-order valence-electron chi connectivity index (χ0n) is 11.4. The van der Waals surface area contributed by atoms with E-state index in [1.54, 1.807) is 0 Å². The first-order valence-corrected chi connectivity index (χ1v) is 6.79. The fraction of sp³-hybridized carbons (Fsp3) is 1.00. The lowest BCUT2D eigenvalue weighted by Gasteiger charge is -2.46. The van der Waals surface area contributed by atoms with E-state index in [9.17, 15) is 0 Å². The molecule has 2 aliphatic rings. The molecule has 0 aromatic heterocycles. The average molecular weight is 228 g/mol. The van der Waals surface area contributed by atoms with Crippen LogP contribution >= 0.6 is 0 Å². The Balaban J connectivity index is 0.000000606. The monoisotopic (exact) mass is 228 g/mol. The van der Waals surface area contributed by atoms with Gasteiger partial charge >= 0.3 is 0 Å². The van der Waals surface area contributed by atoms with Gasteiger partial charge < -0.3 is 10.1 Å². The molecule has 0 bridgehead atoms.